The van der Waals surface area contributed by atoms with Crippen molar-refractivity contribution in [3.8, 4) is 0 Å². The van der Waals surface area contributed by atoms with E-state index in [4.69, 9.17) is 21.4 Å². The molecule has 0 spiro atoms. The minimum Gasteiger partial charge on any atom is -0.0622 e. The smallest absolute Gasteiger partial charge is 0.0212 e. The lowest BCUT2D eigenvalue weighted by Crippen LogP contribution is -1.85. The lowest BCUT2D eigenvalue weighted by molar-refractivity contribution is 1.40. The minimum absolute atomic E-state index is 0.972. The Bertz CT molecular complexity index is 384. The van der Waals surface area contributed by atoms with Gasteiger partial charge in [-0.05, 0) is 54.1 Å². The summed E-state index contributed by atoms with van der Waals surface area (Å²) >= 11 is 0. The Labute approximate surface area is 100 Å². The molecule has 0 heterocycles. The number of halogens is 2. The van der Waals surface area contributed by atoms with Crippen molar-refractivity contribution in [1.29, 1.82) is 0 Å². The van der Waals surface area contributed by atoms with Crippen molar-refractivity contribution in [3.63, 3.8) is 0 Å². The van der Waals surface area contributed by atoms with Crippen LogP contribution in [0.25, 0.3) is 0 Å². The Morgan fingerprint density at radius 1 is 0.600 bits per heavy atom. The SMILES string of the molecule is ClS(Cl)(c1ccccc1)c1ccccc1. The fourth-order valence-corrected chi connectivity index (χ4v) is 3.82. The van der Waals surface area contributed by atoms with E-state index < -0.39 is 8.46 Å². The van der Waals surface area contributed by atoms with Crippen LogP contribution >= 0.6 is 29.8 Å². The summed E-state index contributed by atoms with van der Waals surface area (Å²) in [6, 6.07) is 19.6. The van der Waals surface area contributed by atoms with E-state index in [0.717, 1.165) is 9.79 Å². The zero-order chi connectivity index (χ0) is 10.7. The second kappa shape index (κ2) is 4.48. The van der Waals surface area contributed by atoms with E-state index in [2.05, 4.69) is 0 Å². The molecule has 15 heavy (non-hydrogen) atoms. The zero-order valence-corrected chi connectivity index (χ0v) is 10.3. The third-order valence-electron chi connectivity index (χ3n) is 2.08. The predicted octanol–water partition coefficient (Wildman–Crippen LogP) is 5.22. The summed E-state index contributed by atoms with van der Waals surface area (Å²) in [5, 5.41) is 0. The summed E-state index contributed by atoms with van der Waals surface area (Å²) in [5.41, 5.74) is 0. The molecule has 3 heteroatoms. The van der Waals surface area contributed by atoms with Crippen LogP contribution < -0.4 is 0 Å². The summed E-state index contributed by atoms with van der Waals surface area (Å²) < 4.78 is 0. The van der Waals surface area contributed by atoms with Crippen LogP contribution in [0.2, 0.25) is 0 Å². The van der Waals surface area contributed by atoms with Crippen molar-refractivity contribution in [2.75, 3.05) is 0 Å². The van der Waals surface area contributed by atoms with E-state index in [1.807, 2.05) is 60.7 Å². The van der Waals surface area contributed by atoms with E-state index in [1.165, 1.54) is 0 Å². The van der Waals surface area contributed by atoms with E-state index in [1.54, 1.807) is 0 Å². The van der Waals surface area contributed by atoms with Gasteiger partial charge in [0.05, 0.1) is 0 Å². The van der Waals surface area contributed by atoms with Gasteiger partial charge in [0.15, 0.2) is 0 Å². The molecule has 0 N–H and O–H groups in total. The average Bonchev–Trinajstić information content (AvgIpc) is 2.31. The lowest BCUT2D eigenvalue weighted by Gasteiger charge is -2.25. The molecular weight excluding hydrogens is 247 g/mol. The van der Waals surface area contributed by atoms with Gasteiger partial charge >= 0.3 is 0 Å². The molecule has 0 amide bonds. The zero-order valence-electron chi connectivity index (χ0n) is 7.94. The monoisotopic (exact) mass is 256 g/mol. The molecule has 0 bridgehead atoms. The van der Waals surface area contributed by atoms with E-state index in [9.17, 15) is 0 Å². The van der Waals surface area contributed by atoms with Gasteiger partial charge in [0.25, 0.3) is 0 Å². The van der Waals surface area contributed by atoms with Crippen LogP contribution in [-0.2, 0) is 0 Å². The molecule has 0 saturated carbocycles. The molecule has 0 saturated heterocycles. The van der Waals surface area contributed by atoms with Crippen LogP contribution in [0.5, 0.6) is 0 Å². The highest BCUT2D eigenvalue weighted by Crippen LogP contribution is 2.70. The largest absolute Gasteiger partial charge is 0.0622 e. The molecule has 2 aromatic rings. The van der Waals surface area contributed by atoms with Gasteiger partial charge in [0.2, 0.25) is 0 Å². The second-order valence-corrected chi connectivity index (χ2v) is 8.23. The lowest BCUT2D eigenvalue weighted by atomic mass is 10.4. The van der Waals surface area contributed by atoms with E-state index in [0.29, 0.717) is 0 Å². The molecule has 0 fully saturated rings. The molecule has 0 atom stereocenters. The van der Waals surface area contributed by atoms with E-state index >= 15 is 0 Å². The van der Waals surface area contributed by atoms with Crippen molar-refractivity contribution < 1.29 is 0 Å². The van der Waals surface area contributed by atoms with Gasteiger partial charge in [-0.25, -0.2) is 0 Å². The van der Waals surface area contributed by atoms with Gasteiger partial charge in [0, 0.05) is 9.79 Å². The molecule has 2 aromatic carbocycles. The maximum absolute atomic E-state index is 6.44. The third kappa shape index (κ3) is 2.31. The quantitative estimate of drug-likeness (QED) is 0.692. The first-order valence-corrected chi connectivity index (χ1v) is 7.82. The van der Waals surface area contributed by atoms with Gasteiger partial charge in [-0.15, -0.1) is 0 Å². The number of benzene rings is 2. The van der Waals surface area contributed by atoms with E-state index in [-0.39, 0.29) is 0 Å². The van der Waals surface area contributed by atoms with Gasteiger partial charge in [-0.2, -0.15) is 0 Å². The maximum atomic E-state index is 6.44. The van der Waals surface area contributed by atoms with Crippen molar-refractivity contribution >= 4 is 29.8 Å². The Hall–Kier alpha value is -0.630. The summed E-state index contributed by atoms with van der Waals surface area (Å²) in [4.78, 5) is 1.94. The number of rotatable bonds is 2. The molecule has 0 unspecified atom stereocenters. The molecular formula is C12H10Cl2S. The summed E-state index contributed by atoms with van der Waals surface area (Å²) in [7, 11) is 11.0. The van der Waals surface area contributed by atoms with Crippen molar-refractivity contribution in [1.82, 2.24) is 0 Å². The molecule has 2 rings (SSSR count). The Morgan fingerprint density at radius 3 is 1.27 bits per heavy atom. The van der Waals surface area contributed by atoms with Gasteiger partial charge in [-0.3, -0.25) is 0 Å². The Kier molecular flexibility index (Phi) is 3.25. The number of hydrogen-bond donors (Lipinski definition) is 0. The average molecular weight is 257 g/mol. The van der Waals surface area contributed by atoms with Gasteiger partial charge in [-0.1, -0.05) is 36.4 Å². The van der Waals surface area contributed by atoms with Gasteiger partial charge < -0.3 is 0 Å². The molecule has 0 nitrogen and oxygen atoms in total. The molecule has 0 aliphatic heterocycles. The normalized spacial score (nSPS) is 12.4. The van der Waals surface area contributed by atoms with Crippen molar-refractivity contribution in [3.05, 3.63) is 60.7 Å². The highest BCUT2D eigenvalue weighted by molar-refractivity contribution is 8.66. The summed E-state index contributed by atoms with van der Waals surface area (Å²) in [6.45, 7) is 0. The first kappa shape index (κ1) is 10.9. The van der Waals surface area contributed by atoms with Crippen molar-refractivity contribution in [2.45, 2.75) is 9.79 Å². The van der Waals surface area contributed by atoms with Crippen LogP contribution in [0.4, 0.5) is 0 Å². The molecule has 78 valence electrons. The second-order valence-electron chi connectivity index (χ2n) is 3.10. The minimum atomic E-state index is -1.89. The molecule has 0 radical (unpaired) electrons. The van der Waals surface area contributed by atoms with Gasteiger partial charge in [0.1, 0.15) is 0 Å². The fraction of sp³-hybridized carbons (Fsp3) is 0. The van der Waals surface area contributed by atoms with Crippen LogP contribution in [0, 0.1) is 0 Å². The Morgan fingerprint density at radius 2 is 0.933 bits per heavy atom. The summed E-state index contributed by atoms with van der Waals surface area (Å²) in [5.74, 6) is 0. The highest BCUT2D eigenvalue weighted by atomic mass is 36.0. The van der Waals surface area contributed by atoms with Crippen LogP contribution in [0.1, 0.15) is 0 Å². The standard InChI is InChI=1S/C12H10Cl2S/c13-15(14,11-7-3-1-4-8-11)12-9-5-2-6-10-12/h1-10H. The number of hydrogen-bond acceptors (Lipinski definition) is 0. The van der Waals surface area contributed by atoms with Crippen molar-refractivity contribution in [2.24, 2.45) is 0 Å². The summed E-state index contributed by atoms with van der Waals surface area (Å²) in [6.07, 6.45) is 0. The molecule has 0 aromatic heterocycles. The highest BCUT2D eigenvalue weighted by Gasteiger charge is 2.22. The first-order chi connectivity index (χ1) is 7.21. The molecule has 0 aliphatic carbocycles. The first-order valence-electron chi connectivity index (χ1n) is 4.54. The fourth-order valence-electron chi connectivity index (χ4n) is 1.32. The predicted molar refractivity (Wildman–Crippen MR) is 68.7 cm³/mol. The van der Waals surface area contributed by atoms with Crippen LogP contribution in [0.15, 0.2) is 70.5 Å². The Balaban J connectivity index is 2.44. The maximum Gasteiger partial charge on any atom is 0.0212 e. The molecule has 0 aliphatic rings. The topological polar surface area (TPSA) is 0 Å². The third-order valence-corrected chi connectivity index (χ3v) is 5.94. The van der Waals surface area contributed by atoms with Crippen LogP contribution in [-0.4, -0.2) is 0 Å². The van der Waals surface area contributed by atoms with Crippen LogP contribution in [0.3, 0.4) is 0 Å².